The number of hydrogen-bond acceptors (Lipinski definition) is 4. The predicted octanol–water partition coefficient (Wildman–Crippen LogP) is -0.383. The molecule has 0 spiro atoms. The van der Waals surface area contributed by atoms with Gasteiger partial charge in [0.1, 0.15) is 12.1 Å². The average Bonchev–Trinajstić information content (AvgIpc) is 2.15. The van der Waals surface area contributed by atoms with Gasteiger partial charge in [0, 0.05) is 0 Å². The molecular weight excluding hydrogens is 188 g/mol. The quantitative estimate of drug-likeness (QED) is 0.496. The van der Waals surface area contributed by atoms with Crippen LogP contribution in [0.2, 0.25) is 0 Å². The Kier molecular flexibility index (Phi) is 9.27. The van der Waals surface area contributed by atoms with Crippen molar-refractivity contribution in [3.05, 3.63) is 0 Å². The molecule has 0 rings (SSSR count). The fourth-order valence-electron chi connectivity index (χ4n) is 0.349. The molecule has 6 nitrogen and oxygen atoms in total. The molecule has 14 heavy (non-hydrogen) atoms. The molecule has 84 valence electrons. The van der Waals surface area contributed by atoms with Crippen molar-refractivity contribution >= 4 is 11.9 Å². The highest BCUT2D eigenvalue weighted by Crippen LogP contribution is 1.82. The standard InChI is InChI=1S/2C4H9NO2/c2*1-2-3(5)4(6)7/h2*3H,2,5H2,1H3,(H,6,7). The molecule has 0 radical (unpaired) electrons. The topological polar surface area (TPSA) is 127 Å². The minimum absolute atomic E-state index is 0.495. The van der Waals surface area contributed by atoms with Crippen molar-refractivity contribution < 1.29 is 19.8 Å². The first kappa shape index (κ1) is 15.3. The van der Waals surface area contributed by atoms with Crippen molar-refractivity contribution in [3.8, 4) is 0 Å². The first-order valence-corrected chi connectivity index (χ1v) is 4.33. The van der Waals surface area contributed by atoms with E-state index >= 15 is 0 Å². The largest absolute Gasteiger partial charge is 0.480 e. The molecule has 0 amide bonds. The molecule has 2 atom stereocenters. The summed E-state index contributed by atoms with van der Waals surface area (Å²) in [7, 11) is 0. The fraction of sp³-hybridized carbons (Fsp3) is 0.750. The summed E-state index contributed by atoms with van der Waals surface area (Å²) in [5.41, 5.74) is 10.0. The van der Waals surface area contributed by atoms with Gasteiger partial charge < -0.3 is 21.7 Å². The van der Waals surface area contributed by atoms with Crippen molar-refractivity contribution in [1.82, 2.24) is 0 Å². The lowest BCUT2D eigenvalue weighted by atomic mass is 10.2. The van der Waals surface area contributed by atoms with Crippen molar-refractivity contribution in [2.45, 2.75) is 38.8 Å². The van der Waals surface area contributed by atoms with E-state index in [1.165, 1.54) is 0 Å². The van der Waals surface area contributed by atoms with Crippen LogP contribution in [0.4, 0.5) is 0 Å². The van der Waals surface area contributed by atoms with Crippen molar-refractivity contribution in [2.75, 3.05) is 0 Å². The Morgan fingerprint density at radius 2 is 1.21 bits per heavy atom. The second-order valence-corrected chi connectivity index (χ2v) is 2.71. The van der Waals surface area contributed by atoms with E-state index in [4.69, 9.17) is 21.7 Å². The normalized spacial score (nSPS) is 13.4. The van der Waals surface area contributed by atoms with Crippen LogP contribution in [0.3, 0.4) is 0 Å². The first-order valence-electron chi connectivity index (χ1n) is 4.33. The molecular formula is C8H18N2O4. The Morgan fingerprint density at radius 1 is 1.00 bits per heavy atom. The Bertz CT molecular complexity index is 164. The summed E-state index contributed by atoms with van der Waals surface area (Å²) >= 11 is 0. The zero-order chi connectivity index (χ0) is 11.7. The van der Waals surface area contributed by atoms with Gasteiger partial charge in [-0.2, -0.15) is 0 Å². The van der Waals surface area contributed by atoms with Crippen LogP contribution >= 0.6 is 0 Å². The Hall–Kier alpha value is -1.14. The van der Waals surface area contributed by atoms with Crippen LogP contribution in [0, 0.1) is 0 Å². The van der Waals surface area contributed by atoms with E-state index < -0.39 is 24.0 Å². The Labute approximate surface area is 82.9 Å². The smallest absolute Gasteiger partial charge is 0.320 e. The van der Waals surface area contributed by atoms with Gasteiger partial charge in [-0.1, -0.05) is 13.8 Å². The van der Waals surface area contributed by atoms with Crippen LogP contribution in [0.1, 0.15) is 26.7 Å². The van der Waals surface area contributed by atoms with Crippen LogP contribution in [0.5, 0.6) is 0 Å². The molecule has 0 heterocycles. The highest BCUT2D eigenvalue weighted by atomic mass is 16.4. The molecule has 0 aliphatic rings. The van der Waals surface area contributed by atoms with Gasteiger partial charge >= 0.3 is 11.9 Å². The number of rotatable bonds is 4. The molecule has 0 saturated heterocycles. The summed E-state index contributed by atoms with van der Waals surface area (Å²) < 4.78 is 0. The zero-order valence-electron chi connectivity index (χ0n) is 8.43. The van der Waals surface area contributed by atoms with E-state index in [2.05, 4.69) is 0 Å². The molecule has 2 unspecified atom stereocenters. The molecule has 0 saturated carbocycles. The van der Waals surface area contributed by atoms with Gasteiger partial charge in [-0.05, 0) is 12.8 Å². The summed E-state index contributed by atoms with van der Waals surface area (Å²) in [6.45, 7) is 3.47. The average molecular weight is 206 g/mol. The van der Waals surface area contributed by atoms with Gasteiger partial charge in [0.05, 0.1) is 0 Å². The van der Waals surface area contributed by atoms with Gasteiger partial charge in [0.25, 0.3) is 0 Å². The molecule has 0 bridgehead atoms. The number of carbonyl (C=O) groups is 2. The van der Waals surface area contributed by atoms with Crippen molar-refractivity contribution in [3.63, 3.8) is 0 Å². The number of hydrogen-bond donors (Lipinski definition) is 4. The van der Waals surface area contributed by atoms with E-state index in [1.54, 1.807) is 13.8 Å². The van der Waals surface area contributed by atoms with E-state index in [-0.39, 0.29) is 0 Å². The lowest BCUT2D eigenvalue weighted by Crippen LogP contribution is -2.28. The van der Waals surface area contributed by atoms with Crippen molar-refractivity contribution in [2.24, 2.45) is 11.5 Å². The lowest BCUT2D eigenvalue weighted by molar-refractivity contribution is -0.139. The predicted molar refractivity (Wildman–Crippen MR) is 51.8 cm³/mol. The molecule has 6 heteroatoms. The highest BCUT2D eigenvalue weighted by molar-refractivity contribution is 5.73. The van der Waals surface area contributed by atoms with E-state index in [0.717, 1.165) is 0 Å². The fourth-order valence-corrected chi connectivity index (χ4v) is 0.349. The molecule has 0 aliphatic heterocycles. The molecule has 6 N–H and O–H groups in total. The Balaban J connectivity index is 0. The Morgan fingerprint density at radius 3 is 1.21 bits per heavy atom. The van der Waals surface area contributed by atoms with Gasteiger partial charge in [0.15, 0.2) is 0 Å². The SMILES string of the molecule is CCC(N)C(=O)O.CCC(N)C(=O)O. The number of carboxylic acid groups (broad SMARTS) is 2. The van der Waals surface area contributed by atoms with Gasteiger partial charge in [-0.15, -0.1) is 0 Å². The summed E-state index contributed by atoms with van der Waals surface area (Å²) in [5, 5.41) is 16.1. The van der Waals surface area contributed by atoms with Crippen LogP contribution in [-0.2, 0) is 9.59 Å². The lowest BCUT2D eigenvalue weighted by Gasteiger charge is -1.97. The third kappa shape index (κ3) is 8.95. The maximum Gasteiger partial charge on any atom is 0.320 e. The van der Waals surface area contributed by atoms with Crippen LogP contribution in [0.15, 0.2) is 0 Å². The monoisotopic (exact) mass is 206 g/mol. The minimum Gasteiger partial charge on any atom is -0.480 e. The summed E-state index contributed by atoms with van der Waals surface area (Å²) in [5.74, 6) is -1.86. The first-order chi connectivity index (χ1) is 6.36. The molecule has 0 aliphatic carbocycles. The van der Waals surface area contributed by atoms with Gasteiger partial charge in [0.2, 0.25) is 0 Å². The third-order valence-corrected chi connectivity index (χ3v) is 1.51. The minimum atomic E-state index is -0.928. The second kappa shape index (κ2) is 8.46. The van der Waals surface area contributed by atoms with Gasteiger partial charge in [-0.3, -0.25) is 9.59 Å². The van der Waals surface area contributed by atoms with Gasteiger partial charge in [-0.25, -0.2) is 0 Å². The summed E-state index contributed by atoms with van der Waals surface area (Å²) in [6, 6.07) is -1.36. The summed E-state index contributed by atoms with van der Waals surface area (Å²) in [4.78, 5) is 19.6. The maximum absolute atomic E-state index is 9.81. The second-order valence-electron chi connectivity index (χ2n) is 2.71. The molecule has 0 aromatic heterocycles. The number of carboxylic acids is 2. The highest BCUT2D eigenvalue weighted by Gasteiger charge is 2.06. The molecule has 0 aromatic rings. The van der Waals surface area contributed by atoms with Crippen LogP contribution in [-0.4, -0.2) is 34.2 Å². The van der Waals surface area contributed by atoms with Crippen LogP contribution < -0.4 is 11.5 Å². The van der Waals surface area contributed by atoms with Crippen molar-refractivity contribution in [1.29, 1.82) is 0 Å². The van der Waals surface area contributed by atoms with E-state index in [9.17, 15) is 9.59 Å². The zero-order valence-corrected chi connectivity index (χ0v) is 8.43. The third-order valence-electron chi connectivity index (χ3n) is 1.51. The molecule has 0 fully saturated rings. The van der Waals surface area contributed by atoms with Crippen LogP contribution in [0.25, 0.3) is 0 Å². The number of aliphatic carboxylic acids is 2. The van der Waals surface area contributed by atoms with E-state index in [1.807, 2.05) is 0 Å². The maximum atomic E-state index is 9.81. The summed E-state index contributed by atoms with van der Waals surface area (Å²) in [6.07, 6.45) is 0.991. The van der Waals surface area contributed by atoms with E-state index in [0.29, 0.717) is 12.8 Å². The molecule has 0 aromatic carbocycles. The number of nitrogens with two attached hydrogens (primary N) is 2.